The molecule has 1 amide bonds. The Kier molecular flexibility index (Phi) is 6.57. The fraction of sp³-hybridized carbons (Fsp3) is 0.529. The van der Waals surface area contributed by atoms with Crippen LogP contribution in [-0.2, 0) is 16.0 Å². The highest BCUT2D eigenvalue weighted by molar-refractivity contribution is 6.31. The number of halogens is 2. The number of carboxylic acid groups (broad SMARTS) is 1. The summed E-state index contributed by atoms with van der Waals surface area (Å²) in [5.41, 5.74) is 0.230. The van der Waals surface area contributed by atoms with Crippen molar-refractivity contribution in [2.24, 2.45) is 0 Å². The van der Waals surface area contributed by atoms with Gasteiger partial charge in [-0.15, -0.1) is 0 Å². The first-order valence-electron chi connectivity index (χ1n) is 8.01. The zero-order valence-corrected chi connectivity index (χ0v) is 14.4. The van der Waals surface area contributed by atoms with Gasteiger partial charge < -0.3 is 10.0 Å². The summed E-state index contributed by atoms with van der Waals surface area (Å²) in [5, 5.41) is 9.15. The lowest BCUT2D eigenvalue weighted by Gasteiger charge is -2.25. The SMILES string of the molecule is CN(CC(=O)O)C1CCCN(C(=O)Cc2c(F)cccc2Cl)CC1. The Morgan fingerprint density at radius 1 is 1.38 bits per heavy atom. The van der Waals surface area contributed by atoms with Gasteiger partial charge >= 0.3 is 5.97 Å². The molecule has 0 aromatic heterocycles. The van der Waals surface area contributed by atoms with E-state index in [0.717, 1.165) is 12.8 Å². The number of likely N-dealkylation sites (tertiary alicyclic amines) is 1. The molecule has 7 heteroatoms. The van der Waals surface area contributed by atoms with E-state index in [9.17, 15) is 14.0 Å². The summed E-state index contributed by atoms with van der Waals surface area (Å²) >= 11 is 5.98. The molecule has 2 rings (SSSR count). The fourth-order valence-corrected chi connectivity index (χ4v) is 3.31. The summed E-state index contributed by atoms with van der Waals surface area (Å²) in [6.07, 6.45) is 2.29. The summed E-state index contributed by atoms with van der Waals surface area (Å²) in [7, 11) is 1.79. The van der Waals surface area contributed by atoms with Crippen molar-refractivity contribution in [1.82, 2.24) is 9.80 Å². The van der Waals surface area contributed by atoms with Crippen LogP contribution in [0.3, 0.4) is 0 Å². The number of carbonyl (C=O) groups excluding carboxylic acids is 1. The smallest absolute Gasteiger partial charge is 0.317 e. The molecule has 1 aromatic carbocycles. The number of benzene rings is 1. The molecular weight excluding hydrogens is 335 g/mol. The van der Waals surface area contributed by atoms with Gasteiger partial charge in [-0.25, -0.2) is 4.39 Å². The minimum absolute atomic E-state index is 0.0105. The van der Waals surface area contributed by atoms with Gasteiger partial charge in [-0.3, -0.25) is 14.5 Å². The van der Waals surface area contributed by atoms with E-state index >= 15 is 0 Å². The van der Waals surface area contributed by atoms with Crippen LogP contribution in [0, 0.1) is 5.82 Å². The maximum absolute atomic E-state index is 13.8. The molecule has 132 valence electrons. The Labute approximate surface area is 146 Å². The second-order valence-corrected chi connectivity index (χ2v) is 6.56. The Balaban J connectivity index is 1.96. The van der Waals surface area contributed by atoms with Crippen molar-refractivity contribution < 1.29 is 19.1 Å². The first-order chi connectivity index (χ1) is 11.4. The lowest BCUT2D eigenvalue weighted by Crippen LogP contribution is -2.37. The van der Waals surface area contributed by atoms with E-state index in [-0.39, 0.29) is 35.5 Å². The van der Waals surface area contributed by atoms with Gasteiger partial charge in [-0.1, -0.05) is 17.7 Å². The Hall–Kier alpha value is -1.66. The van der Waals surface area contributed by atoms with Gasteiger partial charge in [0.15, 0.2) is 0 Å². The molecule has 1 unspecified atom stereocenters. The Bertz CT molecular complexity index is 591. The van der Waals surface area contributed by atoms with Gasteiger partial charge in [-0.05, 0) is 38.4 Å². The molecule has 0 bridgehead atoms. The highest BCUT2D eigenvalue weighted by atomic mass is 35.5. The molecule has 24 heavy (non-hydrogen) atoms. The highest BCUT2D eigenvalue weighted by Crippen LogP contribution is 2.21. The van der Waals surface area contributed by atoms with Crippen molar-refractivity contribution in [2.45, 2.75) is 31.7 Å². The van der Waals surface area contributed by atoms with Crippen LogP contribution in [0.15, 0.2) is 18.2 Å². The van der Waals surface area contributed by atoms with Crippen LogP contribution in [0.4, 0.5) is 4.39 Å². The summed E-state index contributed by atoms with van der Waals surface area (Å²) in [6, 6.07) is 4.52. The lowest BCUT2D eigenvalue weighted by molar-refractivity contribution is -0.138. The van der Waals surface area contributed by atoms with Crippen LogP contribution in [0.5, 0.6) is 0 Å². The molecule has 1 aliphatic heterocycles. The van der Waals surface area contributed by atoms with Crippen LogP contribution < -0.4 is 0 Å². The van der Waals surface area contributed by atoms with Gasteiger partial charge in [0.05, 0.1) is 13.0 Å². The minimum Gasteiger partial charge on any atom is -0.480 e. The normalized spacial score (nSPS) is 18.5. The molecule has 0 saturated carbocycles. The first kappa shape index (κ1) is 18.7. The third-order valence-corrected chi connectivity index (χ3v) is 4.80. The number of carboxylic acids is 1. The maximum Gasteiger partial charge on any atom is 0.317 e. The van der Waals surface area contributed by atoms with Crippen molar-refractivity contribution in [2.75, 3.05) is 26.7 Å². The molecule has 1 saturated heterocycles. The first-order valence-corrected chi connectivity index (χ1v) is 8.39. The highest BCUT2D eigenvalue weighted by Gasteiger charge is 2.24. The number of amides is 1. The van der Waals surface area contributed by atoms with E-state index in [2.05, 4.69) is 0 Å². The molecule has 0 radical (unpaired) electrons. The molecule has 1 aliphatic rings. The molecule has 1 N–H and O–H groups in total. The maximum atomic E-state index is 13.8. The van der Waals surface area contributed by atoms with Crippen LogP contribution in [0.25, 0.3) is 0 Å². The van der Waals surface area contributed by atoms with Gasteiger partial charge in [0, 0.05) is 29.7 Å². The predicted molar refractivity (Wildman–Crippen MR) is 89.6 cm³/mol. The lowest BCUT2D eigenvalue weighted by atomic mass is 10.1. The van der Waals surface area contributed by atoms with Gasteiger partial charge in [0.25, 0.3) is 0 Å². The number of rotatable bonds is 5. The largest absolute Gasteiger partial charge is 0.480 e. The molecule has 5 nitrogen and oxygen atoms in total. The summed E-state index contributed by atoms with van der Waals surface area (Å²) in [5.74, 6) is -1.47. The molecule has 1 atom stereocenters. The van der Waals surface area contributed by atoms with Crippen molar-refractivity contribution in [3.8, 4) is 0 Å². The number of likely N-dealkylation sites (N-methyl/N-ethyl adjacent to an activating group) is 1. The quantitative estimate of drug-likeness (QED) is 0.880. The zero-order chi connectivity index (χ0) is 17.7. The number of nitrogens with zero attached hydrogens (tertiary/aromatic N) is 2. The molecular formula is C17H22ClFN2O3. The van der Waals surface area contributed by atoms with Crippen molar-refractivity contribution in [1.29, 1.82) is 0 Å². The molecule has 0 aliphatic carbocycles. The van der Waals surface area contributed by atoms with Crippen molar-refractivity contribution >= 4 is 23.5 Å². The number of aliphatic carboxylic acids is 1. The topological polar surface area (TPSA) is 60.9 Å². The number of hydrogen-bond donors (Lipinski definition) is 1. The van der Waals surface area contributed by atoms with E-state index in [4.69, 9.17) is 16.7 Å². The monoisotopic (exact) mass is 356 g/mol. The third kappa shape index (κ3) is 4.92. The summed E-state index contributed by atoms with van der Waals surface area (Å²) in [6.45, 7) is 1.13. The zero-order valence-electron chi connectivity index (χ0n) is 13.7. The standard InChI is InChI=1S/C17H22ClFN2O3/c1-20(11-17(23)24)12-4-3-8-21(9-7-12)16(22)10-13-14(18)5-2-6-15(13)19/h2,5-6,12H,3-4,7-11H2,1H3,(H,23,24). The second-order valence-electron chi connectivity index (χ2n) is 6.15. The van der Waals surface area contributed by atoms with Gasteiger partial charge in [0.2, 0.25) is 5.91 Å². The van der Waals surface area contributed by atoms with Crippen LogP contribution in [0.2, 0.25) is 5.02 Å². The van der Waals surface area contributed by atoms with E-state index < -0.39 is 11.8 Å². The van der Waals surface area contributed by atoms with Gasteiger partial charge in [0.1, 0.15) is 5.82 Å². The average molecular weight is 357 g/mol. The summed E-state index contributed by atoms with van der Waals surface area (Å²) < 4.78 is 13.8. The van der Waals surface area contributed by atoms with Crippen molar-refractivity contribution in [3.63, 3.8) is 0 Å². The molecule has 0 spiro atoms. The Morgan fingerprint density at radius 2 is 2.12 bits per heavy atom. The summed E-state index contributed by atoms with van der Waals surface area (Å²) in [4.78, 5) is 26.8. The van der Waals surface area contributed by atoms with Crippen LogP contribution in [0.1, 0.15) is 24.8 Å². The van der Waals surface area contributed by atoms with Crippen LogP contribution >= 0.6 is 11.6 Å². The van der Waals surface area contributed by atoms with Gasteiger partial charge in [-0.2, -0.15) is 0 Å². The van der Waals surface area contributed by atoms with E-state index in [1.165, 1.54) is 12.1 Å². The minimum atomic E-state index is -0.858. The average Bonchev–Trinajstić information content (AvgIpc) is 2.76. The molecule has 1 heterocycles. The van der Waals surface area contributed by atoms with E-state index in [1.54, 1.807) is 18.0 Å². The second kappa shape index (κ2) is 8.44. The Morgan fingerprint density at radius 3 is 2.79 bits per heavy atom. The third-order valence-electron chi connectivity index (χ3n) is 4.45. The van der Waals surface area contributed by atoms with E-state index in [1.807, 2.05) is 4.90 Å². The predicted octanol–water partition coefficient (Wildman–Crippen LogP) is 2.42. The van der Waals surface area contributed by atoms with Crippen LogP contribution in [-0.4, -0.2) is 59.5 Å². The van der Waals surface area contributed by atoms with E-state index in [0.29, 0.717) is 19.5 Å². The molecule has 1 fully saturated rings. The number of hydrogen-bond acceptors (Lipinski definition) is 3. The number of carbonyl (C=O) groups is 2. The fourth-order valence-electron chi connectivity index (χ4n) is 3.08. The molecule has 1 aromatic rings. The van der Waals surface area contributed by atoms with Crippen molar-refractivity contribution in [3.05, 3.63) is 34.6 Å².